The SMILES string of the molecule is CCCCCCC(OC(=O)CCCCCCCCC(C)C)C(=O)O. The van der Waals surface area contributed by atoms with Gasteiger partial charge in [0.1, 0.15) is 0 Å². The molecule has 0 fully saturated rings. The van der Waals surface area contributed by atoms with E-state index in [0.29, 0.717) is 12.8 Å². The highest BCUT2D eigenvalue weighted by molar-refractivity contribution is 5.77. The van der Waals surface area contributed by atoms with Crippen LogP contribution < -0.4 is 0 Å². The average Bonchev–Trinajstić information content (AvgIpc) is 2.52. The number of hydrogen-bond acceptors (Lipinski definition) is 3. The Hall–Kier alpha value is -1.06. The van der Waals surface area contributed by atoms with Gasteiger partial charge in [-0.3, -0.25) is 4.79 Å². The first-order valence-electron chi connectivity index (χ1n) is 9.89. The van der Waals surface area contributed by atoms with E-state index in [2.05, 4.69) is 20.8 Å². The summed E-state index contributed by atoms with van der Waals surface area (Å²) in [5.74, 6) is -0.605. The smallest absolute Gasteiger partial charge is 0.345 e. The van der Waals surface area contributed by atoms with Gasteiger partial charge >= 0.3 is 11.9 Å². The van der Waals surface area contributed by atoms with E-state index in [9.17, 15) is 9.59 Å². The molecule has 0 heterocycles. The molecular formula is C20H38O4. The second-order valence-corrected chi connectivity index (χ2v) is 7.22. The van der Waals surface area contributed by atoms with Gasteiger partial charge in [-0.25, -0.2) is 4.79 Å². The summed E-state index contributed by atoms with van der Waals surface area (Å²) >= 11 is 0. The van der Waals surface area contributed by atoms with Gasteiger partial charge in [-0.05, 0) is 25.2 Å². The van der Waals surface area contributed by atoms with Crippen molar-refractivity contribution in [1.82, 2.24) is 0 Å². The molecule has 0 aromatic heterocycles. The fraction of sp³-hybridized carbons (Fsp3) is 0.900. The number of ether oxygens (including phenoxy) is 1. The molecule has 1 atom stereocenters. The third-order valence-electron chi connectivity index (χ3n) is 4.28. The van der Waals surface area contributed by atoms with Crippen molar-refractivity contribution in [2.75, 3.05) is 0 Å². The Morgan fingerprint density at radius 3 is 1.96 bits per heavy atom. The van der Waals surface area contributed by atoms with Crippen LogP contribution in [0.5, 0.6) is 0 Å². The molecule has 1 N–H and O–H groups in total. The summed E-state index contributed by atoms with van der Waals surface area (Å²) in [7, 11) is 0. The topological polar surface area (TPSA) is 63.6 Å². The van der Waals surface area contributed by atoms with Gasteiger partial charge in [0, 0.05) is 6.42 Å². The summed E-state index contributed by atoms with van der Waals surface area (Å²) < 4.78 is 5.13. The quantitative estimate of drug-likeness (QED) is 0.287. The molecule has 0 spiro atoms. The second kappa shape index (κ2) is 15.5. The summed E-state index contributed by atoms with van der Waals surface area (Å²) in [6, 6.07) is 0. The molecule has 0 rings (SSSR count). The van der Waals surface area contributed by atoms with Gasteiger partial charge in [0.15, 0.2) is 6.10 Å². The minimum absolute atomic E-state index is 0.338. The predicted octanol–water partition coefficient (Wildman–Crippen LogP) is 5.73. The molecule has 24 heavy (non-hydrogen) atoms. The number of esters is 1. The standard InChI is InChI=1S/C20H38O4/c1-4-5-6-12-15-18(20(22)23)24-19(21)16-13-10-8-7-9-11-14-17(2)3/h17-18H,4-16H2,1-3H3,(H,22,23). The van der Waals surface area contributed by atoms with Crippen LogP contribution in [0.4, 0.5) is 0 Å². The first-order chi connectivity index (χ1) is 11.5. The molecule has 4 heteroatoms. The van der Waals surface area contributed by atoms with E-state index in [1.807, 2.05) is 0 Å². The van der Waals surface area contributed by atoms with Crippen LogP contribution in [-0.2, 0) is 14.3 Å². The zero-order valence-corrected chi connectivity index (χ0v) is 16.0. The van der Waals surface area contributed by atoms with E-state index in [1.165, 1.54) is 25.7 Å². The number of carbonyl (C=O) groups is 2. The predicted molar refractivity (Wildman–Crippen MR) is 98.0 cm³/mol. The number of hydrogen-bond donors (Lipinski definition) is 1. The molecule has 0 aliphatic heterocycles. The number of aliphatic carboxylic acids is 1. The maximum Gasteiger partial charge on any atom is 0.345 e. The number of carbonyl (C=O) groups excluding carboxylic acids is 1. The number of unbranched alkanes of at least 4 members (excludes halogenated alkanes) is 8. The highest BCUT2D eigenvalue weighted by Crippen LogP contribution is 2.13. The highest BCUT2D eigenvalue weighted by atomic mass is 16.6. The van der Waals surface area contributed by atoms with Crippen molar-refractivity contribution in [1.29, 1.82) is 0 Å². The summed E-state index contributed by atoms with van der Waals surface area (Å²) in [4.78, 5) is 22.9. The van der Waals surface area contributed by atoms with Crippen LogP contribution in [0.15, 0.2) is 0 Å². The lowest BCUT2D eigenvalue weighted by Crippen LogP contribution is -2.27. The van der Waals surface area contributed by atoms with Crippen LogP contribution in [0.2, 0.25) is 0 Å². The minimum atomic E-state index is -1.02. The molecule has 0 saturated carbocycles. The normalized spacial score (nSPS) is 12.3. The lowest BCUT2D eigenvalue weighted by Gasteiger charge is -2.13. The first kappa shape index (κ1) is 22.9. The van der Waals surface area contributed by atoms with Crippen LogP contribution in [-0.4, -0.2) is 23.1 Å². The highest BCUT2D eigenvalue weighted by Gasteiger charge is 2.21. The zero-order chi connectivity index (χ0) is 18.2. The Morgan fingerprint density at radius 2 is 1.38 bits per heavy atom. The Bertz CT molecular complexity index is 326. The lowest BCUT2D eigenvalue weighted by molar-refractivity contribution is -0.164. The molecular weight excluding hydrogens is 304 g/mol. The molecule has 1 unspecified atom stereocenters. The third-order valence-corrected chi connectivity index (χ3v) is 4.28. The summed E-state index contributed by atoms with van der Waals surface area (Å²) in [5.41, 5.74) is 0. The third kappa shape index (κ3) is 14.5. The molecule has 4 nitrogen and oxygen atoms in total. The van der Waals surface area contributed by atoms with E-state index >= 15 is 0 Å². The Labute approximate surface area is 148 Å². The minimum Gasteiger partial charge on any atom is -0.479 e. The van der Waals surface area contributed by atoms with Crippen molar-refractivity contribution in [3.05, 3.63) is 0 Å². The molecule has 0 radical (unpaired) electrons. The first-order valence-corrected chi connectivity index (χ1v) is 9.89. The van der Waals surface area contributed by atoms with Gasteiger partial charge in [0.25, 0.3) is 0 Å². The Morgan fingerprint density at radius 1 is 0.833 bits per heavy atom. The maximum absolute atomic E-state index is 11.8. The van der Waals surface area contributed by atoms with Crippen LogP contribution in [0.25, 0.3) is 0 Å². The van der Waals surface area contributed by atoms with E-state index in [0.717, 1.165) is 50.9 Å². The van der Waals surface area contributed by atoms with E-state index in [-0.39, 0.29) is 5.97 Å². The molecule has 0 aromatic carbocycles. The lowest BCUT2D eigenvalue weighted by atomic mass is 10.0. The van der Waals surface area contributed by atoms with Crippen molar-refractivity contribution in [3.8, 4) is 0 Å². The van der Waals surface area contributed by atoms with Crippen LogP contribution in [0, 0.1) is 5.92 Å². The molecule has 0 amide bonds. The second-order valence-electron chi connectivity index (χ2n) is 7.22. The van der Waals surface area contributed by atoms with Crippen LogP contribution in [0.1, 0.15) is 104 Å². The summed E-state index contributed by atoms with van der Waals surface area (Å²) in [6.45, 7) is 6.61. The van der Waals surface area contributed by atoms with E-state index < -0.39 is 12.1 Å². The van der Waals surface area contributed by atoms with Crippen LogP contribution >= 0.6 is 0 Å². The number of rotatable bonds is 16. The Kier molecular flexibility index (Phi) is 14.8. The van der Waals surface area contributed by atoms with Crippen LogP contribution in [0.3, 0.4) is 0 Å². The monoisotopic (exact) mass is 342 g/mol. The van der Waals surface area contributed by atoms with Crippen molar-refractivity contribution in [2.24, 2.45) is 5.92 Å². The van der Waals surface area contributed by atoms with Gasteiger partial charge in [-0.15, -0.1) is 0 Å². The van der Waals surface area contributed by atoms with Gasteiger partial charge in [0.05, 0.1) is 0 Å². The summed E-state index contributed by atoms with van der Waals surface area (Å²) in [5, 5.41) is 9.13. The molecule has 142 valence electrons. The van der Waals surface area contributed by atoms with Gasteiger partial charge in [-0.2, -0.15) is 0 Å². The molecule has 0 bridgehead atoms. The maximum atomic E-state index is 11.8. The van der Waals surface area contributed by atoms with Crippen molar-refractivity contribution >= 4 is 11.9 Å². The van der Waals surface area contributed by atoms with Crippen molar-refractivity contribution < 1.29 is 19.4 Å². The largest absolute Gasteiger partial charge is 0.479 e. The number of carboxylic acid groups (broad SMARTS) is 1. The molecule has 0 aliphatic rings. The molecule has 0 aromatic rings. The zero-order valence-electron chi connectivity index (χ0n) is 16.0. The van der Waals surface area contributed by atoms with Gasteiger partial charge in [-0.1, -0.05) is 78.6 Å². The fourth-order valence-electron chi connectivity index (χ4n) is 2.74. The molecule has 0 aliphatic carbocycles. The van der Waals surface area contributed by atoms with Crippen molar-refractivity contribution in [3.63, 3.8) is 0 Å². The van der Waals surface area contributed by atoms with Gasteiger partial charge in [0.2, 0.25) is 0 Å². The number of carboxylic acids is 1. The summed E-state index contributed by atoms with van der Waals surface area (Å²) in [6.07, 6.45) is 11.8. The molecule has 0 saturated heterocycles. The van der Waals surface area contributed by atoms with Crippen molar-refractivity contribution in [2.45, 2.75) is 110 Å². The Balaban J connectivity index is 3.68. The van der Waals surface area contributed by atoms with E-state index in [1.54, 1.807) is 0 Å². The van der Waals surface area contributed by atoms with Gasteiger partial charge < -0.3 is 9.84 Å². The fourth-order valence-corrected chi connectivity index (χ4v) is 2.74. The average molecular weight is 343 g/mol. The van der Waals surface area contributed by atoms with E-state index in [4.69, 9.17) is 9.84 Å².